The Morgan fingerprint density at radius 2 is 2.05 bits per heavy atom. The molecule has 1 fully saturated rings. The van der Waals surface area contributed by atoms with Gasteiger partial charge in [0.1, 0.15) is 0 Å². The first kappa shape index (κ1) is 14.6. The summed E-state index contributed by atoms with van der Waals surface area (Å²) >= 11 is 0. The molecule has 1 saturated heterocycles. The van der Waals surface area contributed by atoms with Gasteiger partial charge in [0.05, 0.1) is 11.9 Å². The molecule has 0 aliphatic carbocycles. The van der Waals surface area contributed by atoms with E-state index in [-0.39, 0.29) is 11.4 Å². The summed E-state index contributed by atoms with van der Waals surface area (Å²) in [4.78, 5) is 18.4. The number of rotatable bonds is 2. The number of nitrogens with zero attached hydrogens (tertiary/aromatic N) is 2. The lowest BCUT2D eigenvalue weighted by Crippen LogP contribution is -2.48. The fraction of sp³-hybridized carbons (Fsp3) is 0.333. The first-order valence-electron chi connectivity index (χ1n) is 7.69. The number of nitrogens with one attached hydrogen (secondary N) is 1. The summed E-state index contributed by atoms with van der Waals surface area (Å²) < 4.78 is 0. The average Bonchev–Trinajstić information content (AvgIpc) is 2.57. The van der Waals surface area contributed by atoms with E-state index in [1.807, 2.05) is 23.1 Å². The van der Waals surface area contributed by atoms with Crippen LogP contribution in [0.3, 0.4) is 0 Å². The Bertz CT molecular complexity index is 629. The summed E-state index contributed by atoms with van der Waals surface area (Å²) in [7, 11) is 0. The van der Waals surface area contributed by atoms with Crippen LogP contribution in [0.15, 0.2) is 54.9 Å². The van der Waals surface area contributed by atoms with E-state index >= 15 is 0 Å². The maximum absolute atomic E-state index is 12.5. The molecule has 1 atom stereocenters. The van der Waals surface area contributed by atoms with Crippen molar-refractivity contribution in [3.63, 3.8) is 0 Å². The van der Waals surface area contributed by atoms with Gasteiger partial charge in [0, 0.05) is 24.7 Å². The van der Waals surface area contributed by atoms with Crippen LogP contribution in [0.2, 0.25) is 0 Å². The van der Waals surface area contributed by atoms with Crippen molar-refractivity contribution in [2.45, 2.75) is 25.2 Å². The normalized spacial score (nSPS) is 21.4. The van der Waals surface area contributed by atoms with Crippen LogP contribution in [-0.4, -0.2) is 29.0 Å². The predicted octanol–water partition coefficient (Wildman–Crippen LogP) is 3.67. The molecule has 2 amide bonds. The Kier molecular flexibility index (Phi) is 4.09. The molecule has 1 aliphatic rings. The van der Waals surface area contributed by atoms with Crippen molar-refractivity contribution in [3.05, 3.63) is 60.4 Å². The highest BCUT2D eigenvalue weighted by molar-refractivity contribution is 5.89. The lowest BCUT2D eigenvalue weighted by atomic mass is 9.76. The van der Waals surface area contributed by atoms with Crippen molar-refractivity contribution in [1.29, 1.82) is 0 Å². The zero-order valence-electron chi connectivity index (χ0n) is 12.8. The average molecular weight is 295 g/mol. The van der Waals surface area contributed by atoms with E-state index in [4.69, 9.17) is 0 Å². The molecule has 22 heavy (non-hydrogen) atoms. The largest absolute Gasteiger partial charge is 0.324 e. The third-order valence-electron chi connectivity index (χ3n) is 4.37. The van der Waals surface area contributed by atoms with E-state index in [9.17, 15) is 4.79 Å². The van der Waals surface area contributed by atoms with Gasteiger partial charge in [-0.1, -0.05) is 37.3 Å². The highest BCUT2D eigenvalue weighted by Gasteiger charge is 2.34. The van der Waals surface area contributed by atoms with Gasteiger partial charge in [-0.25, -0.2) is 4.79 Å². The van der Waals surface area contributed by atoms with Crippen molar-refractivity contribution >= 4 is 11.7 Å². The highest BCUT2D eigenvalue weighted by Crippen LogP contribution is 2.33. The smallest absolute Gasteiger partial charge is 0.321 e. The second-order valence-electron chi connectivity index (χ2n) is 6.12. The molecule has 114 valence electrons. The number of piperidine rings is 1. The van der Waals surface area contributed by atoms with Gasteiger partial charge >= 0.3 is 6.03 Å². The molecule has 2 heterocycles. The molecule has 0 bridgehead atoms. The number of carbonyl (C=O) groups is 1. The van der Waals surface area contributed by atoms with Gasteiger partial charge < -0.3 is 10.2 Å². The van der Waals surface area contributed by atoms with Crippen molar-refractivity contribution in [1.82, 2.24) is 9.88 Å². The lowest BCUT2D eigenvalue weighted by molar-refractivity contribution is 0.167. The first-order valence-corrected chi connectivity index (χ1v) is 7.69. The Morgan fingerprint density at radius 3 is 2.77 bits per heavy atom. The van der Waals surface area contributed by atoms with Crippen LogP contribution in [0.25, 0.3) is 0 Å². The number of likely N-dealkylation sites (tertiary alicyclic amines) is 1. The van der Waals surface area contributed by atoms with Gasteiger partial charge in [0.15, 0.2) is 0 Å². The van der Waals surface area contributed by atoms with Crippen molar-refractivity contribution < 1.29 is 4.79 Å². The number of hydrogen-bond donors (Lipinski definition) is 1. The molecule has 4 heteroatoms. The van der Waals surface area contributed by atoms with E-state index in [0.717, 1.165) is 31.6 Å². The highest BCUT2D eigenvalue weighted by atomic mass is 16.2. The summed E-state index contributed by atoms with van der Waals surface area (Å²) in [6.07, 6.45) is 5.49. The Hall–Kier alpha value is -2.36. The Labute approximate surface area is 131 Å². The van der Waals surface area contributed by atoms with E-state index in [1.165, 1.54) is 5.56 Å². The number of hydrogen-bond acceptors (Lipinski definition) is 2. The minimum absolute atomic E-state index is 0.0196. The maximum atomic E-state index is 12.5. The van der Waals surface area contributed by atoms with Gasteiger partial charge in [0.25, 0.3) is 0 Å². The van der Waals surface area contributed by atoms with Crippen molar-refractivity contribution in [3.8, 4) is 0 Å². The fourth-order valence-electron chi connectivity index (χ4n) is 3.13. The lowest BCUT2D eigenvalue weighted by Gasteiger charge is -2.40. The second kappa shape index (κ2) is 6.18. The molecule has 1 aliphatic heterocycles. The SMILES string of the molecule is CC1(c2ccccc2)CCCN(C(=O)Nc2cccnc2)C1. The van der Waals surface area contributed by atoms with Gasteiger partial charge in [0.2, 0.25) is 0 Å². The summed E-state index contributed by atoms with van der Waals surface area (Å²) in [5.41, 5.74) is 2.06. The molecular weight excluding hydrogens is 274 g/mol. The van der Waals surface area contributed by atoms with Gasteiger partial charge in [-0.15, -0.1) is 0 Å². The predicted molar refractivity (Wildman–Crippen MR) is 87.9 cm³/mol. The molecular formula is C18H21N3O. The first-order chi connectivity index (χ1) is 10.7. The summed E-state index contributed by atoms with van der Waals surface area (Å²) in [5.74, 6) is 0. The van der Waals surface area contributed by atoms with Crippen molar-refractivity contribution in [2.75, 3.05) is 18.4 Å². The van der Waals surface area contributed by atoms with Crippen LogP contribution >= 0.6 is 0 Å². The summed E-state index contributed by atoms with van der Waals surface area (Å²) in [5, 5.41) is 2.93. The summed E-state index contributed by atoms with van der Waals surface area (Å²) in [6.45, 7) is 3.78. The minimum Gasteiger partial charge on any atom is -0.324 e. The number of anilines is 1. The second-order valence-corrected chi connectivity index (χ2v) is 6.12. The molecule has 1 aromatic heterocycles. The number of carbonyl (C=O) groups excluding carboxylic acids is 1. The number of benzene rings is 1. The number of amides is 2. The molecule has 1 aromatic carbocycles. The van der Waals surface area contributed by atoms with E-state index in [0.29, 0.717) is 0 Å². The fourth-order valence-corrected chi connectivity index (χ4v) is 3.13. The van der Waals surface area contributed by atoms with E-state index < -0.39 is 0 Å². The summed E-state index contributed by atoms with van der Waals surface area (Å²) in [6, 6.07) is 14.1. The third-order valence-corrected chi connectivity index (χ3v) is 4.37. The monoisotopic (exact) mass is 295 g/mol. The van der Waals surface area contributed by atoms with Crippen LogP contribution < -0.4 is 5.32 Å². The molecule has 4 nitrogen and oxygen atoms in total. The van der Waals surface area contributed by atoms with Gasteiger partial charge in [-0.05, 0) is 30.5 Å². The maximum Gasteiger partial charge on any atom is 0.321 e. The Balaban J connectivity index is 1.71. The molecule has 0 spiro atoms. The standard InChI is InChI=1S/C18H21N3O/c1-18(15-7-3-2-4-8-15)10-6-12-21(14-18)17(22)20-16-9-5-11-19-13-16/h2-5,7-9,11,13H,6,10,12,14H2,1H3,(H,20,22). The molecule has 0 radical (unpaired) electrons. The molecule has 1 unspecified atom stereocenters. The van der Waals surface area contributed by atoms with E-state index in [1.54, 1.807) is 12.4 Å². The van der Waals surface area contributed by atoms with Crippen LogP contribution in [0.1, 0.15) is 25.3 Å². The van der Waals surface area contributed by atoms with E-state index in [2.05, 4.69) is 41.5 Å². The van der Waals surface area contributed by atoms with Crippen LogP contribution in [0.5, 0.6) is 0 Å². The van der Waals surface area contributed by atoms with Crippen LogP contribution in [0, 0.1) is 0 Å². The zero-order chi connectivity index (χ0) is 15.4. The number of urea groups is 1. The van der Waals surface area contributed by atoms with Gasteiger partial charge in [-0.3, -0.25) is 4.98 Å². The minimum atomic E-state index is -0.0464. The molecule has 2 aromatic rings. The molecule has 3 rings (SSSR count). The topological polar surface area (TPSA) is 45.2 Å². The van der Waals surface area contributed by atoms with Crippen LogP contribution in [-0.2, 0) is 5.41 Å². The van der Waals surface area contributed by atoms with Crippen LogP contribution in [0.4, 0.5) is 10.5 Å². The quantitative estimate of drug-likeness (QED) is 0.919. The molecule has 1 N–H and O–H groups in total. The molecule has 0 saturated carbocycles. The van der Waals surface area contributed by atoms with Crippen molar-refractivity contribution in [2.24, 2.45) is 0 Å². The third kappa shape index (κ3) is 3.11. The number of aromatic nitrogens is 1. The zero-order valence-corrected chi connectivity index (χ0v) is 12.8. The Morgan fingerprint density at radius 1 is 1.23 bits per heavy atom. The van der Waals surface area contributed by atoms with Gasteiger partial charge in [-0.2, -0.15) is 0 Å². The number of pyridine rings is 1.